The van der Waals surface area contributed by atoms with E-state index < -0.39 is 0 Å². The third-order valence-electron chi connectivity index (χ3n) is 4.79. The first kappa shape index (κ1) is 21.3. The molecule has 1 saturated heterocycles. The highest BCUT2D eigenvalue weighted by Gasteiger charge is 2.22. The molecule has 2 heterocycles. The number of halogens is 1. The Kier molecular flexibility index (Phi) is 7.28. The zero-order valence-corrected chi connectivity index (χ0v) is 17.9. The lowest BCUT2D eigenvalue weighted by molar-refractivity contribution is -0.131. The van der Waals surface area contributed by atoms with Crippen LogP contribution in [0.1, 0.15) is 33.8 Å². The van der Waals surface area contributed by atoms with E-state index in [9.17, 15) is 14.4 Å². The Balaban J connectivity index is 1.47. The van der Waals surface area contributed by atoms with E-state index in [1.54, 1.807) is 34.1 Å². The van der Waals surface area contributed by atoms with E-state index in [1.165, 1.54) is 11.3 Å². The van der Waals surface area contributed by atoms with Gasteiger partial charge in [-0.05, 0) is 43.7 Å². The van der Waals surface area contributed by atoms with E-state index in [-0.39, 0.29) is 30.6 Å². The molecule has 6 nitrogen and oxygen atoms in total. The van der Waals surface area contributed by atoms with Gasteiger partial charge in [0.1, 0.15) is 0 Å². The van der Waals surface area contributed by atoms with E-state index in [0.717, 1.165) is 4.88 Å². The number of Topliss-reactive ketones (excluding diaryl/α,β-unsaturated/α-hetero) is 1. The quantitative estimate of drug-likeness (QED) is 0.708. The summed E-state index contributed by atoms with van der Waals surface area (Å²) in [5.41, 5.74) is 0.641. The topological polar surface area (TPSA) is 69.7 Å². The Bertz CT molecular complexity index is 899. The first-order valence-electron chi connectivity index (χ1n) is 9.61. The molecule has 3 rings (SSSR count). The summed E-state index contributed by atoms with van der Waals surface area (Å²) in [6.45, 7) is 4.04. The molecule has 1 aromatic heterocycles. The van der Waals surface area contributed by atoms with E-state index >= 15 is 0 Å². The van der Waals surface area contributed by atoms with Crippen LogP contribution >= 0.6 is 22.9 Å². The van der Waals surface area contributed by atoms with Crippen LogP contribution in [-0.4, -0.2) is 53.7 Å². The Morgan fingerprint density at radius 1 is 1.03 bits per heavy atom. The van der Waals surface area contributed by atoms with Gasteiger partial charge in [-0.2, -0.15) is 0 Å². The van der Waals surface area contributed by atoms with Crippen molar-refractivity contribution in [3.63, 3.8) is 0 Å². The van der Waals surface area contributed by atoms with Crippen LogP contribution in [0.25, 0.3) is 0 Å². The summed E-state index contributed by atoms with van der Waals surface area (Å²) in [6, 6.07) is 10.5. The van der Waals surface area contributed by atoms with Crippen molar-refractivity contribution in [2.45, 2.75) is 26.2 Å². The Morgan fingerprint density at radius 2 is 1.79 bits per heavy atom. The highest BCUT2D eigenvalue weighted by molar-refractivity contribution is 7.14. The molecule has 0 bridgehead atoms. The van der Waals surface area contributed by atoms with Gasteiger partial charge in [-0.25, -0.2) is 4.79 Å². The maximum atomic E-state index is 12.5. The van der Waals surface area contributed by atoms with E-state index in [0.29, 0.717) is 48.2 Å². The number of aryl methyl sites for hydroxylation is 1. The van der Waals surface area contributed by atoms with E-state index in [2.05, 4.69) is 5.32 Å². The minimum atomic E-state index is -0.204. The summed E-state index contributed by atoms with van der Waals surface area (Å²) in [5, 5.41) is 3.40. The molecule has 29 heavy (non-hydrogen) atoms. The number of amides is 3. The lowest BCUT2D eigenvalue weighted by Gasteiger charge is -2.22. The van der Waals surface area contributed by atoms with Crippen LogP contribution in [0.2, 0.25) is 5.02 Å². The molecule has 8 heteroatoms. The first-order chi connectivity index (χ1) is 13.9. The second-order valence-corrected chi connectivity index (χ2v) is 8.72. The average molecular weight is 434 g/mol. The summed E-state index contributed by atoms with van der Waals surface area (Å²) in [4.78, 5) is 42.5. The van der Waals surface area contributed by atoms with Gasteiger partial charge in [0.25, 0.3) is 0 Å². The molecule has 1 aliphatic heterocycles. The van der Waals surface area contributed by atoms with Gasteiger partial charge in [0.15, 0.2) is 5.78 Å². The minimum absolute atomic E-state index is 0.00815. The van der Waals surface area contributed by atoms with Crippen molar-refractivity contribution < 1.29 is 14.4 Å². The predicted molar refractivity (Wildman–Crippen MR) is 116 cm³/mol. The number of hydrogen-bond acceptors (Lipinski definition) is 4. The van der Waals surface area contributed by atoms with Crippen LogP contribution in [0.3, 0.4) is 0 Å². The van der Waals surface area contributed by atoms with Crippen molar-refractivity contribution in [1.82, 2.24) is 9.80 Å². The summed E-state index contributed by atoms with van der Waals surface area (Å²) in [7, 11) is 0. The Hall–Kier alpha value is -2.38. The van der Waals surface area contributed by atoms with Crippen molar-refractivity contribution in [2.24, 2.45) is 0 Å². The number of thiophene rings is 1. The molecule has 1 fully saturated rings. The second-order valence-electron chi connectivity index (χ2n) is 7.00. The number of nitrogens with zero attached hydrogens (tertiary/aromatic N) is 2. The molecule has 3 amide bonds. The van der Waals surface area contributed by atoms with Crippen LogP contribution in [0.4, 0.5) is 10.5 Å². The summed E-state index contributed by atoms with van der Waals surface area (Å²) >= 11 is 7.41. The summed E-state index contributed by atoms with van der Waals surface area (Å²) in [5.74, 6) is -0.0301. The maximum absolute atomic E-state index is 12.5. The first-order valence-corrected chi connectivity index (χ1v) is 10.8. The van der Waals surface area contributed by atoms with Crippen molar-refractivity contribution in [2.75, 3.05) is 31.5 Å². The van der Waals surface area contributed by atoms with Crippen LogP contribution in [-0.2, 0) is 4.79 Å². The van der Waals surface area contributed by atoms with Gasteiger partial charge in [-0.3, -0.25) is 9.59 Å². The van der Waals surface area contributed by atoms with Gasteiger partial charge in [0.05, 0.1) is 4.88 Å². The second kappa shape index (κ2) is 9.89. The predicted octanol–water partition coefficient (Wildman–Crippen LogP) is 4.44. The van der Waals surface area contributed by atoms with Crippen LogP contribution in [0.15, 0.2) is 36.4 Å². The number of benzene rings is 1. The molecule has 1 N–H and O–H groups in total. The third-order valence-corrected chi connectivity index (χ3v) is 6.07. The fourth-order valence-corrected chi connectivity index (χ4v) is 4.25. The highest BCUT2D eigenvalue weighted by Crippen LogP contribution is 2.18. The zero-order valence-electron chi connectivity index (χ0n) is 16.3. The largest absolute Gasteiger partial charge is 0.341 e. The standard InChI is InChI=1S/C21H24ClN3O3S/c1-15-6-8-19(29-15)18(26)7-9-20(27)24-10-3-11-25(13-12-24)21(28)23-17-5-2-4-16(22)14-17/h2,4-6,8,14H,3,7,9-13H2,1H3,(H,23,28). The monoisotopic (exact) mass is 433 g/mol. The number of hydrogen-bond donors (Lipinski definition) is 1. The lowest BCUT2D eigenvalue weighted by Crippen LogP contribution is -2.39. The number of urea groups is 1. The smallest absolute Gasteiger partial charge is 0.321 e. The maximum Gasteiger partial charge on any atom is 0.321 e. The van der Waals surface area contributed by atoms with E-state index in [4.69, 9.17) is 11.6 Å². The molecule has 0 saturated carbocycles. The molecule has 0 unspecified atom stereocenters. The van der Waals surface area contributed by atoms with Gasteiger partial charge in [0.2, 0.25) is 5.91 Å². The zero-order chi connectivity index (χ0) is 20.8. The lowest BCUT2D eigenvalue weighted by atomic mass is 10.1. The van der Waals surface area contributed by atoms with Crippen LogP contribution in [0, 0.1) is 6.92 Å². The SMILES string of the molecule is Cc1ccc(C(=O)CCC(=O)N2CCCN(C(=O)Nc3cccc(Cl)c3)CC2)s1. The Morgan fingerprint density at radius 3 is 2.52 bits per heavy atom. The molecule has 154 valence electrons. The molecule has 0 aliphatic carbocycles. The fourth-order valence-electron chi connectivity index (χ4n) is 3.22. The molecule has 2 aromatic rings. The summed E-state index contributed by atoms with van der Waals surface area (Å²) < 4.78 is 0. The molecule has 1 aliphatic rings. The number of carbonyl (C=O) groups is 3. The molecular formula is C21H24ClN3O3S. The van der Waals surface area contributed by atoms with Crippen LogP contribution < -0.4 is 5.32 Å². The average Bonchev–Trinajstić information content (AvgIpc) is 2.98. The number of ketones is 1. The number of rotatable bonds is 5. The third kappa shape index (κ3) is 6.05. The minimum Gasteiger partial charge on any atom is -0.341 e. The fraction of sp³-hybridized carbons (Fsp3) is 0.381. The number of carbonyl (C=O) groups excluding carboxylic acids is 3. The van der Waals surface area contributed by atoms with Crippen molar-refractivity contribution in [3.8, 4) is 0 Å². The normalized spacial score (nSPS) is 14.4. The van der Waals surface area contributed by atoms with Crippen molar-refractivity contribution in [1.29, 1.82) is 0 Å². The van der Waals surface area contributed by atoms with Crippen molar-refractivity contribution >= 4 is 46.3 Å². The van der Waals surface area contributed by atoms with Gasteiger partial charge in [-0.15, -0.1) is 11.3 Å². The van der Waals surface area contributed by atoms with Gasteiger partial charge < -0.3 is 15.1 Å². The van der Waals surface area contributed by atoms with Gasteiger partial charge >= 0.3 is 6.03 Å². The number of nitrogens with one attached hydrogen (secondary N) is 1. The van der Waals surface area contributed by atoms with Crippen LogP contribution in [0.5, 0.6) is 0 Å². The van der Waals surface area contributed by atoms with Gasteiger partial charge in [0, 0.05) is 54.6 Å². The molecule has 1 aromatic carbocycles. The van der Waals surface area contributed by atoms with Crippen molar-refractivity contribution in [3.05, 3.63) is 51.2 Å². The molecule has 0 radical (unpaired) electrons. The number of anilines is 1. The molecule has 0 atom stereocenters. The molecule has 0 spiro atoms. The Labute approximate surface area is 179 Å². The highest BCUT2D eigenvalue weighted by atomic mass is 35.5. The molecular weight excluding hydrogens is 410 g/mol. The van der Waals surface area contributed by atoms with E-state index in [1.807, 2.05) is 19.1 Å². The van der Waals surface area contributed by atoms with Gasteiger partial charge in [-0.1, -0.05) is 17.7 Å². The summed E-state index contributed by atoms with van der Waals surface area (Å²) in [6.07, 6.45) is 1.12.